The minimum absolute atomic E-state index is 0.00598. The zero-order valence-corrected chi connectivity index (χ0v) is 17.2. The molecule has 0 aliphatic carbocycles. The molecular weight excluding hydrogens is 490 g/mol. The summed E-state index contributed by atoms with van der Waals surface area (Å²) in [5.74, 6) is 0. The molecule has 0 atom stereocenters. The maximum atomic E-state index is 12.7. The molecular formula is C18H12F6O6S2. The highest BCUT2D eigenvalue weighted by atomic mass is 32.2. The van der Waals surface area contributed by atoms with Crippen molar-refractivity contribution >= 4 is 41.8 Å². The maximum absolute atomic E-state index is 12.7. The predicted molar refractivity (Wildman–Crippen MR) is 101 cm³/mol. The average Bonchev–Trinajstić information content (AvgIpc) is 2.68. The van der Waals surface area contributed by atoms with Crippen molar-refractivity contribution < 1.29 is 51.5 Å². The molecule has 32 heavy (non-hydrogen) atoms. The second kappa shape index (κ2) is 8.17. The molecule has 3 aromatic carbocycles. The zero-order chi connectivity index (χ0) is 23.9. The van der Waals surface area contributed by atoms with E-state index in [0.717, 1.165) is 0 Å². The van der Waals surface area contributed by atoms with E-state index in [1.54, 1.807) is 0 Å². The first-order valence-electron chi connectivity index (χ1n) is 8.48. The minimum Gasteiger partial charge on any atom is -0.258 e. The number of halogens is 6. The van der Waals surface area contributed by atoms with E-state index in [4.69, 9.17) is 0 Å². The van der Waals surface area contributed by atoms with Crippen LogP contribution >= 0.6 is 0 Å². The second-order valence-electron chi connectivity index (χ2n) is 6.37. The summed E-state index contributed by atoms with van der Waals surface area (Å²) >= 11 is 0. The van der Waals surface area contributed by atoms with E-state index in [1.165, 1.54) is 48.5 Å². The lowest BCUT2D eigenvalue weighted by Crippen LogP contribution is -2.25. The number of hydrogen-bond donors (Lipinski definition) is 0. The molecule has 6 nitrogen and oxygen atoms in total. The Morgan fingerprint density at radius 1 is 0.562 bits per heavy atom. The molecule has 0 amide bonds. The minimum atomic E-state index is -5.92. The van der Waals surface area contributed by atoms with Crippen molar-refractivity contribution in [1.82, 2.24) is 0 Å². The third-order valence-corrected chi connectivity index (χ3v) is 6.43. The first kappa shape index (κ1) is 24.2. The fourth-order valence-electron chi connectivity index (χ4n) is 3.03. The SMILES string of the molecule is O=S(=O)(OCc1c2ccccc2c(COS(=O)(=O)C(F)(F)F)c2ccccc12)C(F)(F)F. The highest BCUT2D eigenvalue weighted by Crippen LogP contribution is 2.36. The highest BCUT2D eigenvalue weighted by Gasteiger charge is 2.48. The molecule has 0 N–H and O–H groups in total. The molecule has 0 fully saturated rings. The summed E-state index contributed by atoms with van der Waals surface area (Å²) in [6.07, 6.45) is 0. The van der Waals surface area contributed by atoms with Gasteiger partial charge >= 0.3 is 31.3 Å². The Kier molecular flexibility index (Phi) is 6.19. The third kappa shape index (κ3) is 4.53. The van der Waals surface area contributed by atoms with E-state index >= 15 is 0 Å². The number of benzene rings is 3. The van der Waals surface area contributed by atoms with E-state index in [9.17, 15) is 43.2 Å². The fraction of sp³-hybridized carbons (Fsp3) is 0.222. The van der Waals surface area contributed by atoms with Crippen molar-refractivity contribution in [3.8, 4) is 0 Å². The average molecular weight is 502 g/mol. The van der Waals surface area contributed by atoms with Gasteiger partial charge in [0.2, 0.25) is 0 Å². The van der Waals surface area contributed by atoms with Crippen molar-refractivity contribution in [1.29, 1.82) is 0 Å². The first-order valence-corrected chi connectivity index (χ1v) is 11.3. The van der Waals surface area contributed by atoms with Crippen LogP contribution in [0.4, 0.5) is 26.3 Å². The van der Waals surface area contributed by atoms with Gasteiger partial charge in [0, 0.05) is 0 Å². The summed E-state index contributed by atoms with van der Waals surface area (Å²) in [7, 11) is -11.8. The van der Waals surface area contributed by atoms with Gasteiger partial charge in [-0.2, -0.15) is 43.2 Å². The molecule has 3 rings (SSSR count). The number of alkyl halides is 6. The smallest absolute Gasteiger partial charge is 0.258 e. The van der Waals surface area contributed by atoms with Gasteiger partial charge in [-0.1, -0.05) is 48.5 Å². The number of fused-ring (bicyclic) bond motifs is 2. The summed E-state index contributed by atoms with van der Waals surface area (Å²) < 4.78 is 130. The Bertz CT molecular complexity index is 1220. The van der Waals surface area contributed by atoms with Crippen LogP contribution in [0.5, 0.6) is 0 Å². The van der Waals surface area contributed by atoms with Gasteiger partial charge in [0.25, 0.3) is 0 Å². The molecule has 0 aromatic heterocycles. The van der Waals surface area contributed by atoms with Crippen LogP contribution in [-0.4, -0.2) is 27.9 Å². The Morgan fingerprint density at radius 2 is 0.812 bits per heavy atom. The van der Waals surface area contributed by atoms with Crippen molar-refractivity contribution in [3.05, 3.63) is 59.7 Å². The molecule has 14 heteroatoms. The molecule has 0 unspecified atom stereocenters. The van der Waals surface area contributed by atoms with E-state index in [2.05, 4.69) is 8.37 Å². The monoisotopic (exact) mass is 502 g/mol. The van der Waals surface area contributed by atoms with Gasteiger partial charge in [-0.05, 0) is 32.7 Å². The summed E-state index contributed by atoms with van der Waals surface area (Å²) in [4.78, 5) is 0. The molecule has 0 saturated carbocycles. The van der Waals surface area contributed by atoms with Crippen LogP contribution in [0.1, 0.15) is 11.1 Å². The summed E-state index contributed by atoms with van der Waals surface area (Å²) in [5.41, 5.74) is -11.3. The molecule has 0 radical (unpaired) electrons. The van der Waals surface area contributed by atoms with Gasteiger partial charge in [-0.25, -0.2) is 0 Å². The third-order valence-electron chi connectivity index (χ3n) is 4.44. The molecule has 0 aliphatic rings. The van der Waals surface area contributed by atoms with E-state index in [0.29, 0.717) is 0 Å². The van der Waals surface area contributed by atoms with Gasteiger partial charge < -0.3 is 0 Å². The number of rotatable bonds is 6. The fourth-order valence-corrected chi connectivity index (χ4v) is 3.84. The van der Waals surface area contributed by atoms with Crippen LogP contribution in [0.2, 0.25) is 0 Å². The molecule has 0 aliphatic heterocycles. The lowest BCUT2D eigenvalue weighted by Gasteiger charge is -2.17. The van der Waals surface area contributed by atoms with E-state index in [-0.39, 0.29) is 32.7 Å². The molecule has 0 saturated heterocycles. The van der Waals surface area contributed by atoms with Crippen LogP contribution in [0, 0.1) is 0 Å². The largest absolute Gasteiger partial charge is 0.523 e. The lowest BCUT2D eigenvalue weighted by atomic mass is 9.92. The topological polar surface area (TPSA) is 86.7 Å². The molecule has 0 heterocycles. The van der Waals surface area contributed by atoms with Gasteiger partial charge in [0.1, 0.15) is 0 Å². The van der Waals surface area contributed by atoms with Crippen LogP contribution in [0.25, 0.3) is 21.5 Å². The zero-order valence-electron chi connectivity index (χ0n) is 15.6. The quantitative estimate of drug-likeness (QED) is 0.210. The van der Waals surface area contributed by atoms with Crippen LogP contribution < -0.4 is 0 Å². The van der Waals surface area contributed by atoms with Gasteiger partial charge in [0.15, 0.2) is 0 Å². The van der Waals surface area contributed by atoms with Crippen LogP contribution in [0.15, 0.2) is 48.5 Å². The van der Waals surface area contributed by atoms with E-state index in [1.807, 2.05) is 0 Å². The molecule has 174 valence electrons. The van der Waals surface area contributed by atoms with Crippen molar-refractivity contribution in [2.24, 2.45) is 0 Å². The van der Waals surface area contributed by atoms with Crippen LogP contribution in [-0.2, 0) is 41.8 Å². The Labute approximate surface area is 177 Å². The maximum Gasteiger partial charge on any atom is 0.523 e. The Morgan fingerprint density at radius 3 is 1.03 bits per heavy atom. The molecule has 3 aromatic rings. The Hall–Kier alpha value is -2.42. The van der Waals surface area contributed by atoms with Crippen molar-refractivity contribution in [2.45, 2.75) is 24.2 Å². The van der Waals surface area contributed by atoms with E-state index < -0.39 is 44.5 Å². The number of hydrogen-bond acceptors (Lipinski definition) is 6. The second-order valence-corrected chi connectivity index (χ2v) is 9.59. The first-order chi connectivity index (χ1) is 14.7. The summed E-state index contributed by atoms with van der Waals surface area (Å²) in [6.45, 7) is -2.05. The van der Waals surface area contributed by atoms with Gasteiger partial charge in [-0.3, -0.25) is 8.37 Å². The summed E-state index contributed by atoms with van der Waals surface area (Å²) in [6, 6.07) is 11.3. The lowest BCUT2D eigenvalue weighted by molar-refractivity contribution is -0.0552. The normalized spacial score (nSPS) is 13.7. The Balaban J connectivity index is 2.17. The molecule has 0 spiro atoms. The van der Waals surface area contributed by atoms with Crippen molar-refractivity contribution in [2.75, 3.05) is 0 Å². The molecule has 0 bridgehead atoms. The van der Waals surface area contributed by atoms with Gasteiger partial charge in [0.05, 0.1) is 13.2 Å². The standard InChI is InChI=1S/C18H12F6O6S2/c19-17(20,21)31(25,26)29-9-15-11-5-1-2-6-12(11)16(14-8-4-3-7-13(14)15)10-30-32(27,28)18(22,23)24/h1-8H,9-10H2. The van der Waals surface area contributed by atoms with Crippen molar-refractivity contribution in [3.63, 3.8) is 0 Å². The van der Waals surface area contributed by atoms with Crippen LogP contribution in [0.3, 0.4) is 0 Å². The highest BCUT2D eigenvalue weighted by molar-refractivity contribution is 7.87. The van der Waals surface area contributed by atoms with Gasteiger partial charge in [-0.15, -0.1) is 0 Å². The predicted octanol–water partition coefficient (Wildman–Crippen LogP) is 4.73. The summed E-state index contributed by atoms with van der Waals surface area (Å²) in [5, 5.41) is 0.580.